The summed E-state index contributed by atoms with van der Waals surface area (Å²) in [7, 11) is 1.43. The van der Waals surface area contributed by atoms with Gasteiger partial charge in [-0.25, -0.2) is 19.7 Å². The highest BCUT2D eigenvalue weighted by molar-refractivity contribution is 6.35. The first-order valence-electron chi connectivity index (χ1n) is 18.1. The van der Waals surface area contributed by atoms with Gasteiger partial charge in [-0.3, -0.25) is 19.4 Å². The summed E-state index contributed by atoms with van der Waals surface area (Å²) < 4.78 is 16.6. The molecule has 0 saturated carbocycles. The van der Waals surface area contributed by atoms with Gasteiger partial charge in [0.05, 0.1) is 25.2 Å². The van der Waals surface area contributed by atoms with Crippen LogP contribution in [0.3, 0.4) is 0 Å². The largest absolute Gasteiger partial charge is 0.469 e. The summed E-state index contributed by atoms with van der Waals surface area (Å²) in [5, 5.41) is 1.01. The van der Waals surface area contributed by atoms with E-state index in [1.54, 1.807) is 23.4 Å². The molecule has 53 heavy (non-hydrogen) atoms. The summed E-state index contributed by atoms with van der Waals surface area (Å²) >= 11 is 12.7. The molecule has 0 aliphatic carbocycles. The molecule has 3 aromatic rings. The lowest BCUT2D eigenvalue weighted by atomic mass is 9.93. The number of anilines is 1. The zero-order valence-corrected chi connectivity index (χ0v) is 32.2. The topological polar surface area (TPSA) is 131 Å². The lowest BCUT2D eigenvalue weighted by Gasteiger charge is -2.37. The molecule has 3 fully saturated rings. The third-order valence-electron chi connectivity index (χ3n) is 9.69. The summed E-state index contributed by atoms with van der Waals surface area (Å²) in [6.07, 6.45) is 6.48. The Hall–Kier alpha value is -4.20. The van der Waals surface area contributed by atoms with Crippen LogP contribution in [0.4, 0.5) is 10.7 Å². The summed E-state index contributed by atoms with van der Waals surface area (Å²) in [5.41, 5.74) is 1.81. The third kappa shape index (κ3) is 10.3. The Balaban J connectivity index is 1.09. The Morgan fingerprint density at radius 2 is 1.55 bits per heavy atom. The van der Waals surface area contributed by atoms with Gasteiger partial charge in [0.2, 0.25) is 17.7 Å². The van der Waals surface area contributed by atoms with Crippen LogP contribution in [0.2, 0.25) is 10.0 Å². The van der Waals surface area contributed by atoms with Crippen LogP contribution in [0, 0.1) is 5.92 Å². The number of esters is 1. The second-order valence-corrected chi connectivity index (χ2v) is 15.7. The number of likely N-dealkylation sites (tertiary alicyclic amines) is 2. The molecule has 6 rings (SSSR count). The standard InChI is InChI=1S/C38H47Cl2N7O6/c1-38(2,3)53-37(50)47-9-5-6-32(47)35(49)45-12-14-46(15-13-45)36-41-22-30(23-42-36)52-33-17-26(16-31(43-33)27-19-28(39)21-29(40)20-27)24-44-10-7-25(8-11-44)18-34(48)51-4/h16-17,19-23,25,32H,5-15,18,24H2,1-4H3. The molecule has 0 N–H and O–H groups in total. The van der Waals surface area contributed by atoms with E-state index < -0.39 is 17.7 Å². The van der Waals surface area contributed by atoms with Gasteiger partial charge < -0.3 is 24.0 Å². The SMILES string of the molecule is COC(=O)CC1CCN(Cc2cc(Oc3cnc(N4CCN(C(=O)C5CCCN5C(=O)OC(C)(C)C)CC4)nc3)nc(-c3cc(Cl)cc(Cl)c3)c2)CC1. The van der Waals surface area contributed by atoms with Gasteiger partial charge in [0.15, 0.2) is 5.75 Å². The molecule has 3 aliphatic rings. The Kier molecular flexibility index (Phi) is 12.3. The highest BCUT2D eigenvalue weighted by Gasteiger charge is 2.39. The van der Waals surface area contributed by atoms with Crippen LogP contribution >= 0.6 is 23.2 Å². The molecule has 1 atom stereocenters. The molecule has 0 radical (unpaired) electrons. The van der Waals surface area contributed by atoms with Crippen molar-refractivity contribution in [3.8, 4) is 22.9 Å². The molecule has 2 aromatic heterocycles. The lowest BCUT2D eigenvalue weighted by molar-refractivity contribution is -0.142. The van der Waals surface area contributed by atoms with Crippen molar-refractivity contribution in [2.24, 2.45) is 5.92 Å². The molecule has 0 bridgehead atoms. The van der Waals surface area contributed by atoms with Gasteiger partial charge in [0.1, 0.15) is 11.6 Å². The number of rotatable bonds is 9. The van der Waals surface area contributed by atoms with Gasteiger partial charge in [-0.05, 0) is 95.3 Å². The minimum Gasteiger partial charge on any atom is -0.469 e. The summed E-state index contributed by atoms with van der Waals surface area (Å²) in [4.78, 5) is 59.7. The molecule has 3 saturated heterocycles. The third-order valence-corrected chi connectivity index (χ3v) is 10.1. The smallest absolute Gasteiger partial charge is 0.410 e. The van der Waals surface area contributed by atoms with Crippen molar-refractivity contribution in [3.63, 3.8) is 0 Å². The Morgan fingerprint density at radius 3 is 2.19 bits per heavy atom. The first-order valence-corrected chi connectivity index (χ1v) is 18.9. The van der Waals surface area contributed by atoms with Crippen LogP contribution in [0.25, 0.3) is 11.3 Å². The number of carbonyl (C=O) groups is 3. The van der Waals surface area contributed by atoms with Gasteiger partial charge in [-0.15, -0.1) is 0 Å². The molecule has 15 heteroatoms. The number of hydrogen-bond donors (Lipinski definition) is 0. The molecule has 5 heterocycles. The van der Waals surface area contributed by atoms with Gasteiger partial charge in [-0.1, -0.05) is 23.2 Å². The van der Waals surface area contributed by atoms with Crippen LogP contribution in [0.5, 0.6) is 11.6 Å². The summed E-state index contributed by atoms with van der Waals surface area (Å²) in [6, 6.07) is 8.74. The molecule has 1 unspecified atom stereocenters. The molecule has 0 spiro atoms. The number of nitrogens with zero attached hydrogens (tertiary/aromatic N) is 7. The van der Waals surface area contributed by atoms with E-state index in [1.165, 1.54) is 7.11 Å². The number of methoxy groups -OCH3 is 1. The number of ether oxygens (including phenoxy) is 3. The molecular weight excluding hydrogens is 721 g/mol. The van der Waals surface area contributed by atoms with E-state index in [2.05, 4.69) is 14.9 Å². The van der Waals surface area contributed by atoms with E-state index in [0.717, 1.165) is 43.5 Å². The van der Waals surface area contributed by atoms with E-state index in [-0.39, 0.29) is 11.9 Å². The molecule has 13 nitrogen and oxygen atoms in total. The van der Waals surface area contributed by atoms with Crippen molar-refractivity contribution >= 4 is 47.1 Å². The predicted octanol–water partition coefficient (Wildman–Crippen LogP) is 6.46. The second-order valence-electron chi connectivity index (χ2n) is 14.8. The van der Waals surface area contributed by atoms with E-state index in [1.807, 2.05) is 54.8 Å². The number of halogens is 2. The van der Waals surface area contributed by atoms with Crippen molar-refractivity contribution in [3.05, 3.63) is 58.3 Å². The Labute approximate surface area is 320 Å². The molecule has 3 aliphatic heterocycles. The zero-order valence-electron chi connectivity index (χ0n) is 30.7. The highest BCUT2D eigenvalue weighted by Crippen LogP contribution is 2.31. The number of hydrogen-bond acceptors (Lipinski definition) is 11. The highest BCUT2D eigenvalue weighted by atomic mass is 35.5. The predicted molar refractivity (Wildman–Crippen MR) is 201 cm³/mol. The van der Waals surface area contributed by atoms with Crippen LogP contribution in [-0.4, -0.2) is 112 Å². The fourth-order valence-electron chi connectivity index (χ4n) is 7.02. The van der Waals surface area contributed by atoms with E-state index in [0.29, 0.717) is 91.3 Å². The summed E-state index contributed by atoms with van der Waals surface area (Å²) in [5.74, 6) is 1.45. The fourth-order valence-corrected chi connectivity index (χ4v) is 7.55. The first kappa shape index (κ1) is 38.5. The number of piperidine rings is 1. The molecule has 284 valence electrons. The lowest BCUT2D eigenvalue weighted by Crippen LogP contribution is -2.55. The minimum absolute atomic E-state index is 0.0464. The van der Waals surface area contributed by atoms with Gasteiger partial charge in [0.25, 0.3) is 0 Å². The van der Waals surface area contributed by atoms with Gasteiger partial charge in [0, 0.05) is 67.4 Å². The van der Waals surface area contributed by atoms with Crippen molar-refractivity contribution < 1.29 is 28.6 Å². The van der Waals surface area contributed by atoms with Crippen molar-refractivity contribution in [1.29, 1.82) is 0 Å². The number of piperazine rings is 1. The average molecular weight is 769 g/mol. The minimum atomic E-state index is -0.623. The number of pyridine rings is 1. The Morgan fingerprint density at radius 1 is 0.868 bits per heavy atom. The maximum absolute atomic E-state index is 13.5. The van der Waals surface area contributed by atoms with Crippen LogP contribution in [0.15, 0.2) is 42.7 Å². The maximum Gasteiger partial charge on any atom is 0.410 e. The monoisotopic (exact) mass is 767 g/mol. The van der Waals surface area contributed by atoms with Gasteiger partial charge in [-0.2, -0.15) is 0 Å². The van der Waals surface area contributed by atoms with Gasteiger partial charge >= 0.3 is 12.1 Å². The zero-order chi connectivity index (χ0) is 37.7. The number of benzene rings is 1. The van der Waals surface area contributed by atoms with Crippen molar-refractivity contribution in [1.82, 2.24) is 29.7 Å². The maximum atomic E-state index is 13.5. The number of aromatic nitrogens is 3. The molecular formula is C38H47Cl2N7O6. The van der Waals surface area contributed by atoms with Crippen LogP contribution < -0.4 is 9.64 Å². The van der Waals surface area contributed by atoms with E-state index in [9.17, 15) is 14.4 Å². The quantitative estimate of drug-likeness (QED) is 0.223. The number of carbonyl (C=O) groups excluding carboxylic acids is 3. The number of amides is 2. The van der Waals surface area contributed by atoms with Crippen molar-refractivity contribution in [2.45, 2.75) is 71.1 Å². The first-order chi connectivity index (χ1) is 25.3. The second kappa shape index (κ2) is 16.9. The van der Waals surface area contributed by atoms with E-state index >= 15 is 0 Å². The molecule has 1 aromatic carbocycles. The van der Waals surface area contributed by atoms with E-state index in [4.69, 9.17) is 42.4 Å². The average Bonchev–Trinajstić information content (AvgIpc) is 3.62. The fraction of sp³-hybridized carbons (Fsp3) is 0.526. The Bertz CT molecular complexity index is 1750. The van der Waals surface area contributed by atoms with Crippen molar-refractivity contribution in [2.75, 3.05) is 57.8 Å². The summed E-state index contributed by atoms with van der Waals surface area (Å²) in [6.45, 7) is 10.5. The van der Waals surface area contributed by atoms with Crippen LogP contribution in [-0.2, 0) is 25.6 Å². The normalized spacial score (nSPS) is 18.6. The van der Waals surface area contributed by atoms with Crippen LogP contribution in [0.1, 0.15) is 58.4 Å². The molecule has 2 amide bonds.